The summed E-state index contributed by atoms with van der Waals surface area (Å²) < 4.78 is 30.1. The Kier molecular flexibility index (Phi) is 7.11. The lowest BCUT2D eigenvalue weighted by atomic mass is 10.1. The van der Waals surface area contributed by atoms with Crippen LogP contribution in [-0.2, 0) is 28.4 Å². The van der Waals surface area contributed by atoms with Crippen molar-refractivity contribution in [1.29, 1.82) is 0 Å². The average Bonchev–Trinajstić information content (AvgIpc) is 2.87. The van der Waals surface area contributed by atoms with Crippen molar-refractivity contribution < 1.29 is 18.3 Å². The van der Waals surface area contributed by atoms with Crippen molar-refractivity contribution in [1.82, 2.24) is 13.9 Å². The van der Waals surface area contributed by atoms with E-state index in [9.17, 15) is 27.9 Å². The summed E-state index contributed by atoms with van der Waals surface area (Å²) in [6.07, 6.45) is -0.315. The van der Waals surface area contributed by atoms with Gasteiger partial charge in [0, 0.05) is 18.6 Å². The molecule has 0 amide bonds. The number of carbonyl (C=O) groups is 1. The van der Waals surface area contributed by atoms with Crippen LogP contribution in [0.1, 0.15) is 6.42 Å². The summed E-state index contributed by atoms with van der Waals surface area (Å²) in [6.45, 7) is -0.286. The molecule has 0 spiro atoms. The summed E-state index contributed by atoms with van der Waals surface area (Å²) in [4.78, 5) is 37.2. The van der Waals surface area contributed by atoms with Gasteiger partial charge in [-0.25, -0.2) is 13.2 Å². The van der Waals surface area contributed by atoms with Crippen molar-refractivity contribution in [3.8, 4) is 11.1 Å². The Morgan fingerprint density at radius 1 is 0.972 bits per heavy atom. The number of hydrogen-bond acceptors (Lipinski definition) is 5. The van der Waals surface area contributed by atoms with Gasteiger partial charge in [0.15, 0.2) is 0 Å². The zero-order valence-electron chi connectivity index (χ0n) is 19.1. The quantitative estimate of drug-likeness (QED) is 0.363. The number of rotatable bonds is 8. The van der Waals surface area contributed by atoms with E-state index in [0.29, 0.717) is 15.9 Å². The number of fused-ring (bicyclic) bond motifs is 1. The molecule has 0 saturated heterocycles. The van der Waals surface area contributed by atoms with Crippen LogP contribution in [0.4, 0.5) is 0 Å². The fourth-order valence-electron chi connectivity index (χ4n) is 3.88. The first-order chi connectivity index (χ1) is 17.1. The molecule has 36 heavy (non-hydrogen) atoms. The van der Waals surface area contributed by atoms with Crippen molar-refractivity contribution in [3.05, 3.63) is 98.7 Å². The smallest absolute Gasteiger partial charge is 0.331 e. The van der Waals surface area contributed by atoms with Crippen LogP contribution in [0.25, 0.3) is 22.0 Å². The molecule has 1 aromatic heterocycles. The van der Waals surface area contributed by atoms with E-state index in [1.54, 1.807) is 60.7 Å². The number of carboxylic acids is 1. The molecule has 0 radical (unpaired) electrons. The number of sulfonamides is 1. The molecule has 3 aromatic carbocycles. The number of nitrogens with one attached hydrogen (secondary N) is 1. The number of nitrogens with zero attached hydrogens (tertiary/aromatic N) is 2. The van der Waals surface area contributed by atoms with Gasteiger partial charge in [0.05, 0.1) is 15.8 Å². The lowest BCUT2D eigenvalue weighted by Crippen LogP contribution is -2.44. The van der Waals surface area contributed by atoms with Crippen LogP contribution in [-0.4, -0.2) is 34.7 Å². The van der Waals surface area contributed by atoms with Crippen molar-refractivity contribution in [2.24, 2.45) is 7.05 Å². The molecule has 9 nitrogen and oxygen atoms in total. The third kappa shape index (κ3) is 5.11. The molecule has 2 N–H and O–H groups in total. The predicted molar refractivity (Wildman–Crippen MR) is 137 cm³/mol. The second-order valence-corrected chi connectivity index (χ2v) is 10.3. The van der Waals surface area contributed by atoms with Gasteiger partial charge in [-0.15, -0.1) is 0 Å². The second kappa shape index (κ2) is 10.1. The van der Waals surface area contributed by atoms with E-state index in [0.717, 1.165) is 15.7 Å². The highest BCUT2D eigenvalue weighted by atomic mass is 35.5. The van der Waals surface area contributed by atoms with Gasteiger partial charge < -0.3 is 5.11 Å². The van der Waals surface area contributed by atoms with Crippen molar-refractivity contribution in [3.63, 3.8) is 0 Å². The van der Waals surface area contributed by atoms with Crippen LogP contribution in [0.3, 0.4) is 0 Å². The van der Waals surface area contributed by atoms with Gasteiger partial charge in [-0.3, -0.25) is 18.7 Å². The predicted octanol–water partition coefficient (Wildman–Crippen LogP) is 2.84. The molecule has 0 aliphatic carbocycles. The highest BCUT2D eigenvalue weighted by molar-refractivity contribution is 7.89. The van der Waals surface area contributed by atoms with Crippen molar-refractivity contribution >= 4 is 38.5 Å². The first-order valence-electron chi connectivity index (χ1n) is 10.9. The number of hydrogen-bond donors (Lipinski definition) is 2. The SMILES string of the molecule is Cn1c(=O)n(CC[C@@H](NS(=O)(=O)c2ccc(-c3ccc(Cl)cc3)cc2)C(=O)O)c(=O)c2ccccc21. The first kappa shape index (κ1) is 25.4. The molecule has 0 aliphatic heterocycles. The molecule has 4 aromatic rings. The molecule has 0 unspecified atom stereocenters. The minimum Gasteiger partial charge on any atom is -0.480 e. The maximum atomic E-state index is 12.9. The monoisotopic (exact) mass is 527 g/mol. The van der Waals surface area contributed by atoms with E-state index in [-0.39, 0.29) is 17.9 Å². The Balaban J connectivity index is 1.55. The standard InChI is InChI=1S/C25H22ClN3O6S/c1-28-22-5-3-2-4-20(22)23(30)29(25(28)33)15-14-21(24(31)32)27-36(34,35)19-12-8-17(9-13-19)16-6-10-18(26)11-7-16/h2-13,21,27H,14-15H2,1H3,(H,31,32)/t21-/m1/s1. The topological polar surface area (TPSA) is 127 Å². The van der Waals surface area contributed by atoms with Crippen LogP contribution in [0.2, 0.25) is 5.02 Å². The van der Waals surface area contributed by atoms with Gasteiger partial charge in [-0.1, -0.05) is 48.0 Å². The first-order valence-corrected chi connectivity index (χ1v) is 12.7. The number of aryl methyl sites for hydroxylation is 1. The van der Waals surface area contributed by atoms with Gasteiger partial charge >= 0.3 is 11.7 Å². The molecule has 186 valence electrons. The summed E-state index contributed by atoms with van der Waals surface area (Å²) in [5.74, 6) is -1.43. The van der Waals surface area contributed by atoms with Crippen molar-refractivity contribution in [2.45, 2.75) is 23.9 Å². The van der Waals surface area contributed by atoms with E-state index in [1.165, 1.54) is 23.7 Å². The van der Waals surface area contributed by atoms with Crippen LogP contribution < -0.4 is 16.0 Å². The minimum absolute atomic E-state index is 0.120. The van der Waals surface area contributed by atoms with Crippen LogP contribution in [0, 0.1) is 0 Å². The third-order valence-corrected chi connectivity index (χ3v) is 7.58. The highest BCUT2D eigenvalue weighted by Crippen LogP contribution is 2.23. The molecular weight excluding hydrogens is 506 g/mol. The summed E-state index contributed by atoms with van der Waals surface area (Å²) in [5.41, 5.74) is 0.845. The third-order valence-electron chi connectivity index (χ3n) is 5.84. The Hall–Kier alpha value is -3.73. The van der Waals surface area contributed by atoms with Crippen LogP contribution in [0.15, 0.2) is 87.3 Å². The molecule has 0 aliphatic rings. The normalized spacial score (nSPS) is 12.5. The number of aromatic nitrogens is 2. The van der Waals surface area contributed by atoms with E-state index in [2.05, 4.69) is 4.72 Å². The minimum atomic E-state index is -4.20. The molecule has 4 rings (SSSR count). The summed E-state index contributed by atoms with van der Waals surface area (Å²) >= 11 is 5.90. The summed E-state index contributed by atoms with van der Waals surface area (Å²) in [5, 5.41) is 10.5. The van der Waals surface area contributed by atoms with Gasteiger partial charge in [-0.2, -0.15) is 4.72 Å². The lowest BCUT2D eigenvalue weighted by molar-refractivity contribution is -0.139. The van der Waals surface area contributed by atoms with Crippen LogP contribution in [0.5, 0.6) is 0 Å². The van der Waals surface area contributed by atoms with E-state index in [1.807, 2.05) is 0 Å². The Bertz CT molecular complexity index is 1660. The second-order valence-electron chi connectivity index (χ2n) is 8.15. The van der Waals surface area contributed by atoms with Crippen molar-refractivity contribution in [2.75, 3.05) is 0 Å². The number of aliphatic carboxylic acids is 1. The molecule has 0 fully saturated rings. The van der Waals surface area contributed by atoms with Gasteiger partial charge in [0.25, 0.3) is 5.56 Å². The highest BCUT2D eigenvalue weighted by Gasteiger charge is 2.26. The van der Waals surface area contributed by atoms with E-state index >= 15 is 0 Å². The molecular formula is C25H22ClN3O6S. The Morgan fingerprint density at radius 3 is 2.17 bits per heavy atom. The van der Waals surface area contributed by atoms with Gasteiger partial charge in [0.1, 0.15) is 6.04 Å². The van der Waals surface area contributed by atoms with Gasteiger partial charge in [0.2, 0.25) is 10.0 Å². The zero-order chi connectivity index (χ0) is 26.0. The summed E-state index contributed by atoms with van der Waals surface area (Å²) in [6, 6.07) is 18.0. The average molecular weight is 528 g/mol. The maximum Gasteiger partial charge on any atom is 0.331 e. The number of halogens is 1. The number of para-hydroxylation sites is 1. The Morgan fingerprint density at radius 2 is 1.56 bits per heavy atom. The molecule has 1 atom stereocenters. The largest absolute Gasteiger partial charge is 0.480 e. The fraction of sp³-hybridized carbons (Fsp3) is 0.160. The molecule has 11 heteroatoms. The maximum absolute atomic E-state index is 12.9. The van der Waals surface area contributed by atoms with Gasteiger partial charge in [-0.05, 0) is 53.9 Å². The van der Waals surface area contributed by atoms with E-state index < -0.39 is 33.3 Å². The zero-order valence-corrected chi connectivity index (χ0v) is 20.7. The number of benzene rings is 3. The summed E-state index contributed by atoms with van der Waals surface area (Å²) in [7, 11) is -2.69. The van der Waals surface area contributed by atoms with E-state index in [4.69, 9.17) is 11.6 Å². The number of carboxylic acid groups (broad SMARTS) is 1. The Labute approximate surface area is 211 Å². The molecule has 0 saturated carbocycles. The molecule has 0 bridgehead atoms. The van der Waals surface area contributed by atoms with Crippen LogP contribution >= 0.6 is 11.6 Å². The lowest BCUT2D eigenvalue weighted by Gasteiger charge is -2.16. The fourth-order valence-corrected chi connectivity index (χ4v) is 5.23. The molecule has 1 heterocycles.